The molecule has 1 aliphatic heterocycles. The van der Waals surface area contributed by atoms with Crippen molar-refractivity contribution in [2.45, 2.75) is 18.9 Å². The number of amides is 2. The second-order valence-corrected chi connectivity index (χ2v) is 6.14. The maximum absolute atomic E-state index is 12.6. The summed E-state index contributed by atoms with van der Waals surface area (Å²) in [5.41, 5.74) is 0.992. The summed E-state index contributed by atoms with van der Waals surface area (Å²) in [5, 5.41) is 5.83. The summed E-state index contributed by atoms with van der Waals surface area (Å²) < 4.78 is 5.84. The Kier molecular flexibility index (Phi) is 5.67. The molecular formula is C20H22N2O3. The molecule has 1 saturated heterocycles. The van der Waals surface area contributed by atoms with Gasteiger partial charge in [-0.3, -0.25) is 9.59 Å². The van der Waals surface area contributed by atoms with Gasteiger partial charge in [-0.25, -0.2) is 0 Å². The summed E-state index contributed by atoms with van der Waals surface area (Å²) in [6, 6.07) is 19.1. The predicted octanol–water partition coefficient (Wildman–Crippen LogP) is 2.45. The fourth-order valence-electron chi connectivity index (χ4n) is 2.85. The lowest BCUT2D eigenvalue weighted by atomic mass is 9.97. The number of ether oxygens (including phenoxy) is 1. The van der Waals surface area contributed by atoms with Gasteiger partial charge in [0.2, 0.25) is 11.8 Å². The highest BCUT2D eigenvalue weighted by Crippen LogP contribution is 2.18. The van der Waals surface area contributed by atoms with Gasteiger partial charge in [0.1, 0.15) is 12.4 Å². The SMILES string of the molecule is O=C1CC[C@@H](C(=O)N[C@@H](COc2ccccc2)c2ccccc2)CN1. The molecule has 0 spiro atoms. The third-order valence-corrected chi connectivity index (χ3v) is 4.31. The molecule has 0 unspecified atom stereocenters. The molecule has 2 amide bonds. The van der Waals surface area contributed by atoms with E-state index in [0.29, 0.717) is 26.0 Å². The molecule has 3 rings (SSSR count). The fraction of sp³-hybridized carbons (Fsp3) is 0.300. The Hall–Kier alpha value is -2.82. The first-order valence-corrected chi connectivity index (χ1v) is 8.52. The molecule has 2 atom stereocenters. The highest BCUT2D eigenvalue weighted by atomic mass is 16.5. The van der Waals surface area contributed by atoms with E-state index in [1.807, 2.05) is 60.7 Å². The van der Waals surface area contributed by atoms with Crippen molar-refractivity contribution in [1.82, 2.24) is 10.6 Å². The molecule has 0 bridgehead atoms. The van der Waals surface area contributed by atoms with Gasteiger partial charge in [0.05, 0.1) is 12.0 Å². The molecule has 130 valence electrons. The molecule has 2 aromatic carbocycles. The van der Waals surface area contributed by atoms with Crippen LogP contribution in [-0.2, 0) is 9.59 Å². The fourth-order valence-corrected chi connectivity index (χ4v) is 2.85. The monoisotopic (exact) mass is 338 g/mol. The van der Waals surface area contributed by atoms with Crippen molar-refractivity contribution in [3.8, 4) is 5.75 Å². The number of benzene rings is 2. The van der Waals surface area contributed by atoms with Crippen LogP contribution >= 0.6 is 0 Å². The van der Waals surface area contributed by atoms with E-state index in [9.17, 15) is 9.59 Å². The van der Waals surface area contributed by atoms with Crippen LogP contribution in [0, 0.1) is 5.92 Å². The van der Waals surface area contributed by atoms with Gasteiger partial charge in [-0.1, -0.05) is 48.5 Å². The Morgan fingerprint density at radius 2 is 1.80 bits per heavy atom. The minimum absolute atomic E-state index is 0.0103. The van der Waals surface area contributed by atoms with Gasteiger partial charge in [-0.2, -0.15) is 0 Å². The molecule has 1 heterocycles. The minimum Gasteiger partial charge on any atom is -0.491 e. The first-order valence-electron chi connectivity index (χ1n) is 8.52. The van der Waals surface area contributed by atoms with Gasteiger partial charge >= 0.3 is 0 Å². The molecule has 5 heteroatoms. The number of nitrogens with one attached hydrogen (secondary N) is 2. The second-order valence-electron chi connectivity index (χ2n) is 6.14. The van der Waals surface area contributed by atoms with Gasteiger partial charge < -0.3 is 15.4 Å². The van der Waals surface area contributed by atoms with Gasteiger partial charge in [-0.15, -0.1) is 0 Å². The van der Waals surface area contributed by atoms with E-state index < -0.39 is 0 Å². The average Bonchev–Trinajstić information content (AvgIpc) is 2.67. The maximum Gasteiger partial charge on any atom is 0.225 e. The van der Waals surface area contributed by atoms with Crippen LogP contribution in [0.25, 0.3) is 0 Å². The van der Waals surface area contributed by atoms with Crippen LogP contribution in [0.1, 0.15) is 24.4 Å². The summed E-state index contributed by atoms with van der Waals surface area (Å²) >= 11 is 0. The average molecular weight is 338 g/mol. The Morgan fingerprint density at radius 3 is 2.44 bits per heavy atom. The Bertz CT molecular complexity index is 693. The van der Waals surface area contributed by atoms with E-state index in [1.54, 1.807) is 0 Å². The third-order valence-electron chi connectivity index (χ3n) is 4.31. The molecule has 0 radical (unpaired) electrons. The van der Waals surface area contributed by atoms with E-state index in [1.165, 1.54) is 0 Å². The number of hydrogen-bond acceptors (Lipinski definition) is 3. The van der Waals surface area contributed by atoms with E-state index >= 15 is 0 Å². The molecule has 25 heavy (non-hydrogen) atoms. The Labute approximate surface area is 147 Å². The molecule has 2 N–H and O–H groups in total. The zero-order valence-electron chi connectivity index (χ0n) is 14.0. The molecular weight excluding hydrogens is 316 g/mol. The van der Waals surface area contributed by atoms with E-state index in [4.69, 9.17) is 4.74 Å². The van der Waals surface area contributed by atoms with Crippen molar-refractivity contribution in [2.75, 3.05) is 13.2 Å². The van der Waals surface area contributed by atoms with Crippen LogP contribution in [-0.4, -0.2) is 25.0 Å². The van der Waals surface area contributed by atoms with E-state index in [0.717, 1.165) is 11.3 Å². The molecule has 2 aromatic rings. The van der Waals surface area contributed by atoms with Crippen molar-refractivity contribution in [3.63, 3.8) is 0 Å². The smallest absolute Gasteiger partial charge is 0.225 e. The van der Waals surface area contributed by atoms with Gasteiger partial charge in [0, 0.05) is 13.0 Å². The van der Waals surface area contributed by atoms with Crippen LogP contribution in [0.15, 0.2) is 60.7 Å². The summed E-state index contributed by atoms with van der Waals surface area (Å²) in [5.74, 6) is 0.532. The quantitative estimate of drug-likeness (QED) is 0.850. The topological polar surface area (TPSA) is 67.4 Å². The third kappa shape index (κ3) is 4.83. The number of carbonyl (C=O) groups excluding carboxylic acids is 2. The first kappa shape index (κ1) is 17.0. The molecule has 0 aromatic heterocycles. The highest BCUT2D eigenvalue weighted by Gasteiger charge is 2.26. The van der Waals surface area contributed by atoms with Crippen molar-refractivity contribution in [2.24, 2.45) is 5.92 Å². The highest BCUT2D eigenvalue weighted by molar-refractivity contribution is 5.83. The van der Waals surface area contributed by atoms with Crippen LogP contribution in [0.3, 0.4) is 0 Å². The number of hydrogen-bond donors (Lipinski definition) is 2. The van der Waals surface area contributed by atoms with E-state index in [2.05, 4.69) is 10.6 Å². The van der Waals surface area contributed by atoms with Gasteiger partial charge in [-0.05, 0) is 24.1 Å². The van der Waals surface area contributed by atoms with Crippen molar-refractivity contribution in [1.29, 1.82) is 0 Å². The molecule has 5 nitrogen and oxygen atoms in total. The number of rotatable bonds is 6. The standard InChI is InChI=1S/C20H22N2O3/c23-19-12-11-16(13-21-19)20(24)22-18(15-7-3-1-4-8-15)14-25-17-9-5-2-6-10-17/h1-10,16,18H,11-14H2,(H,21,23)(H,22,24)/t16-,18+/m1/s1. The Morgan fingerprint density at radius 1 is 1.12 bits per heavy atom. The summed E-state index contributed by atoms with van der Waals surface area (Å²) in [6.07, 6.45) is 0.979. The lowest BCUT2D eigenvalue weighted by Crippen LogP contribution is -2.44. The molecule has 0 aliphatic carbocycles. The summed E-state index contributed by atoms with van der Waals surface area (Å²) in [4.78, 5) is 23.9. The predicted molar refractivity (Wildman–Crippen MR) is 95.0 cm³/mol. The van der Waals surface area contributed by atoms with Gasteiger partial charge in [0.25, 0.3) is 0 Å². The van der Waals surface area contributed by atoms with Crippen LogP contribution in [0.4, 0.5) is 0 Å². The van der Waals surface area contributed by atoms with Crippen molar-refractivity contribution in [3.05, 3.63) is 66.2 Å². The maximum atomic E-state index is 12.6. The van der Waals surface area contributed by atoms with E-state index in [-0.39, 0.29) is 23.8 Å². The van der Waals surface area contributed by atoms with Crippen LogP contribution < -0.4 is 15.4 Å². The number of carbonyl (C=O) groups is 2. The van der Waals surface area contributed by atoms with Crippen LogP contribution in [0.2, 0.25) is 0 Å². The molecule has 1 aliphatic rings. The minimum atomic E-state index is -0.244. The first-order chi connectivity index (χ1) is 12.2. The second kappa shape index (κ2) is 8.33. The number of piperidine rings is 1. The normalized spacial score (nSPS) is 18.1. The van der Waals surface area contributed by atoms with Crippen molar-refractivity contribution >= 4 is 11.8 Å². The lowest BCUT2D eigenvalue weighted by Gasteiger charge is -2.25. The van der Waals surface area contributed by atoms with Gasteiger partial charge in [0.15, 0.2) is 0 Å². The van der Waals surface area contributed by atoms with Crippen LogP contribution in [0.5, 0.6) is 5.75 Å². The zero-order valence-corrected chi connectivity index (χ0v) is 14.0. The molecule has 1 fully saturated rings. The summed E-state index contributed by atoms with van der Waals surface area (Å²) in [7, 11) is 0. The lowest BCUT2D eigenvalue weighted by molar-refractivity contribution is -0.129. The number of para-hydroxylation sites is 1. The van der Waals surface area contributed by atoms with Crippen molar-refractivity contribution < 1.29 is 14.3 Å². The molecule has 0 saturated carbocycles. The zero-order chi connectivity index (χ0) is 17.5. The largest absolute Gasteiger partial charge is 0.491 e. The summed E-state index contributed by atoms with van der Waals surface area (Å²) in [6.45, 7) is 0.741. The Balaban J connectivity index is 1.66.